The number of hydrogen-bond acceptors (Lipinski definition) is 6. The summed E-state index contributed by atoms with van der Waals surface area (Å²) < 4.78 is 10.4. The molecule has 2 rings (SSSR count). The van der Waals surface area contributed by atoms with Crippen molar-refractivity contribution in [3.05, 3.63) is 36.0 Å². The largest absolute Gasteiger partial charge is 0.497 e. The van der Waals surface area contributed by atoms with Gasteiger partial charge in [-0.3, -0.25) is 5.73 Å². The molecule has 1 heterocycles. The lowest BCUT2D eigenvalue weighted by Crippen LogP contribution is -2.49. The molecular formula is C12H16N4O2. The summed E-state index contributed by atoms with van der Waals surface area (Å²) in [5.41, 5.74) is 12.5. The Morgan fingerprint density at radius 1 is 1.17 bits per heavy atom. The van der Waals surface area contributed by atoms with Crippen molar-refractivity contribution in [3.63, 3.8) is 0 Å². The number of methoxy groups -OCH3 is 2. The van der Waals surface area contributed by atoms with Crippen LogP contribution >= 0.6 is 0 Å². The maximum atomic E-state index is 6.18. The Labute approximate surface area is 105 Å². The third-order valence-corrected chi connectivity index (χ3v) is 2.65. The number of hydrogen-bond donors (Lipinski definition) is 3. The Balaban J connectivity index is 2.47. The van der Waals surface area contributed by atoms with E-state index in [1.54, 1.807) is 44.7 Å². The van der Waals surface area contributed by atoms with Crippen LogP contribution in [0.15, 0.2) is 35.5 Å². The number of nitrogens with two attached hydrogens (primary N) is 2. The number of benzene rings is 1. The average Bonchev–Trinajstić information content (AvgIpc) is 2.37. The number of ether oxygens (including phenoxy) is 2. The van der Waals surface area contributed by atoms with Crippen molar-refractivity contribution >= 4 is 5.84 Å². The van der Waals surface area contributed by atoms with Gasteiger partial charge in [-0.05, 0) is 18.2 Å². The van der Waals surface area contributed by atoms with E-state index in [4.69, 9.17) is 20.9 Å². The minimum atomic E-state index is -1.11. The summed E-state index contributed by atoms with van der Waals surface area (Å²) in [7, 11) is 3.15. The van der Waals surface area contributed by atoms with E-state index in [0.717, 1.165) is 0 Å². The first-order valence-corrected chi connectivity index (χ1v) is 5.39. The molecule has 0 saturated carbocycles. The lowest BCUT2D eigenvalue weighted by atomic mass is 10.1. The number of amidine groups is 1. The van der Waals surface area contributed by atoms with Gasteiger partial charge in [0.05, 0.1) is 14.2 Å². The minimum absolute atomic E-state index is 0.359. The van der Waals surface area contributed by atoms with Crippen molar-refractivity contribution in [1.82, 2.24) is 5.32 Å². The summed E-state index contributed by atoms with van der Waals surface area (Å²) in [6, 6.07) is 5.33. The molecular weight excluding hydrogens is 232 g/mol. The highest BCUT2D eigenvalue weighted by atomic mass is 16.5. The first-order chi connectivity index (χ1) is 8.57. The van der Waals surface area contributed by atoms with E-state index in [9.17, 15) is 0 Å². The van der Waals surface area contributed by atoms with E-state index in [1.807, 2.05) is 0 Å². The predicted molar refractivity (Wildman–Crippen MR) is 69.3 cm³/mol. The summed E-state index contributed by atoms with van der Waals surface area (Å²) in [6.07, 6.45) is 3.30. The minimum Gasteiger partial charge on any atom is -0.497 e. The Hall–Kier alpha value is -2.21. The van der Waals surface area contributed by atoms with Crippen molar-refractivity contribution in [2.24, 2.45) is 16.5 Å². The lowest BCUT2D eigenvalue weighted by molar-refractivity contribution is 0.377. The lowest BCUT2D eigenvalue weighted by Gasteiger charge is -2.29. The van der Waals surface area contributed by atoms with Crippen molar-refractivity contribution in [1.29, 1.82) is 0 Å². The average molecular weight is 248 g/mol. The van der Waals surface area contributed by atoms with Crippen molar-refractivity contribution in [2.75, 3.05) is 14.2 Å². The molecule has 0 radical (unpaired) electrons. The first kappa shape index (κ1) is 12.3. The van der Waals surface area contributed by atoms with Crippen LogP contribution in [0, 0.1) is 0 Å². The Kier molecular flexibility index (Phi) is 3.12. The summed E-state index contributed by atoms with van der Waals surface area (Å²) in [5, 5.41) is 2.96. The van der Waals surface area contributed by atoms with Crippen LogP contribution in [0.3, 0.4) is 0 Å². The van der Waals surface area contributed by atoms with Gasteiger partial charge >= 0.3 is 0 Å². The number of nitrogens with zero attached hydrogens (tertiary/aromatic N) is 1. The third kappa shape index (κ3) is 2.23. The molecule has 0 bridgehead atoms. The maximum Gasteiger partial charge on any atom is 0.211 e. The molecule has 5 N–H and O–H groups in total. The quantitative estimate of drug-likeness (QED) is 0.712. The molecule has 1 atom stereocenters. The van der Waals surface area contributed by atoms with Gasteiger partial charge in [-0.2, -0.15) is 0 Å². The molecule has 96 valence electrons. The second kappa shape index (κ2) is 4.58. The zero-order valence-electron chi connectivity index (χ0n) is 10.3. The molecule has 0 saturated heterocycles. The van der Waals surface area contributed by atoms with Crippen LogP contribution in [-0.4, -0.2) is 20.1 Å². The van der Waals surface area contributed by atoms with E-state index in [1.165, 1.54) is 0 Å². The Morgan fingerprint density at radius 3 is 2.28 bits per heavy atom. The van der Waals surface area contributed by atoms with Crippen molar-refractivity contribution in [3.8, 4) is 11.5 Å². The molecule has 0 aromatic heterocycles. The summed E-state index contributed by atoms with van der Waals surface area (Å²) in [4.78, 5) is 4.20. The second-order valence-corrected chi connectivity index (χ2v) is 3.88. The molecule has 1 aliphatic rings. The second-order valence-electron chi connectivity index (χ2n) is 3.88. The van der Waals surface area contributed by atoms with Gasteiger partial charge in [-0.25, -0.2) is 4.99 Å². The van der Waals surface area contributed by atoms with Crippen LogP contribution in [0.4, 0.5) is 0 Å². The van der Waals surface area contributed by atoms with Gasteiger partial charge in [0.1, 0.15) is 17.3 Å². The molecule has 1 aromatic carbocycles. The third-order valence-electron chi connectivity index (χ3n) is 2.65. The van der Waals surface area contributed by atoms with E-state index in [0.29, 0.717) is 22.9 Å². The van der Waals surface area contributed by atoms with Gasteiger partial charge in [0, 0.05) is 17.8 Å². The fourth-order valence-corrected chi connectivity index (χ4v) is 1.70. The molecule has 0 aliphatic carbocycles. The van der Waals surface area contributed by atoms with Crippen LogP contribution in [0.5, 0.6) is 11.5 Å². The SMILES string of the molecule is COc1cc(OC)cc(C2(N)N=C(N)C=CN2)c1. The van der Waals surface area contributed by atoms with Crippen LogP contribution in [-0.2, 0) is 5.79 Å². The van der Waals surface area contributed by atoms with Crippen molar-refractivity contribution in [2.45, 2.75) is 5.79 Å². The Morgan fingerprint density at radius 2 is 1.78 bits per heavy atom. The van der Waals surface area contributed by atoms with Gasteiger partial charge in [0.25, 0.3) is 0 Å². The molecule has 6 heteroatoms. The first-order valence-electron chi connectivity index (χ1n) is 5.39. The number of aliphatic imine (C=N–C) groups is 1. The molecule has 18 heavy (non-hydrogen) atoms. The monoisotopic (exact) mass is 248 g/mol. The van der Waals surface area contributed by atoms with E-state index in [2.05, 4.69) is 10.3 Å². The van der Waals surface area contributed by atoms with Crippen LogP contribution in [0.1, 0.15) is 5.56 Å². The van der Waals surface area contributed by atoms with Gasteiger partial charge in [-0.15, -0.1) is 0 Å². The molecule has 0 fully saturated rings. The highest BCUT2D eigenvalue weighted by Crippen LogP contribution is 2.28. The van der Waals surface area contributed by atoms with Gasteiger partial charge < -0.3 is 20.5 Å². The van der Waals surface area contributed by atoms with Crippen molar-refractivity contribution < 1.29 is 9.47 Å². The summed E-state index contributed by atoms with van der Waals surface area (Å²) in [6.45, 7) is 0. The highest BCUT2D eigenvalue weighted by molar-refractivity contribution is 5.92. The van der Waals surface area contributed by atoms with Gasteiger partial charge in [-0.1, -0.05) is 0 Å². The fraction of sp³-hybridized carbons (Fsp3) is 0.250. The topological polar surface area (TPSA) is 94.9 Å². The van der Waals surface area contributed by atoms with Crippen LogP contribution < -0.4 is 26.3 Å². The van der Waals surface area contributed by atoms with Crippen LogP contribution in [0.2, 0.25) is 0 Å². The molecule has 6 nitrogen and oxygen atoms in total. The molecule has 0 spiro atoms. The fourth-order valence-electron chi connectivity index (χ4n) is 1.70. The zero-order valence-corrected chi connectivity index (χ0v) is 10.3. The molecule has 0 amide bonds. The maximum absolute atomic E-state index is 6.18. The molecule has 1 aliphatic heterocycles. The number of rotatable bonds is 3. The van der Waals surface area contributed by atoms with Gasteiger partial charge in [0.15, 0.2) is 0 Å². The van der Waals surface area contributed by atoms with E-state index >= 15 is 0 Å². The standard InChI is InChI=1S/C12H16N4O2/c1-17-9-5-8(6-10(7-9)18-2)12(14)15-4-3-11(13)16-12/h3-7,15H,14H2,1-2H3,(H2,13,16). The van der Waals surface area contributed by atoms with Gasteiger partial charge in [0.2, 0.25) is 5.79 Å². The Bertz CT molecular complexity index is 491. The predicted octanol–water partition coefficient (Wildman–Crippen LogP) is 0.247. The number of nitrogens with one attached hydrogen (secondary N) is 1. The van der Waals surface area contributed by atoms with E-state index < -0.39 is 5.79 Å². The summed E-state index contributed by atoms with van der Waals surface area (Å²) >= 11 is 0. The normalized spacial score (nSPS) is 22.1. The smallest absolute Gasteiger partial charge is 0.211 e. The van der Waals surface area contributed by atoms with E-state index in [-0.39, 0.29) is 0 Å². The highest BCUT2D eigenvalue weighted by Gasteiger charge is 2.28. The van der Waals surface area contributed by atoms with Crippen LogP contribution in [0.25, 0.3) is 0 Å². The summed E-state index contributed by atoms with van der Waals surface area (Å²) in [5.74, 6) is 0.525. The zero-order chi connectivity index (χ0) is 13.2. The molecule has 1 aromatic rings. The molecule has 1 unspecified atom stereocenters.